The lowest BCUT2D eigenvalue weighted by Gasteiger charge is -2.39. The van der Waals surface area contributed by atoms with Crippen LogP contribution < -0.4 is 0 Å². The van der Waals surface area contributed by atoms with Crippen molar-refractivity contribution < 1.29 is 19.7 Å². The molecule has 2 aliphatic heterocycles. The number of esters is 1. The Bertz CT molecular complexity index is 296. The van der Waals surface area contributed by atoms with Crippen LogP contribution in [0.2, 0.25) is 0 Å². The molecule has 1 unspecified atom stereocenters. The Kier molecular flexibility index (Phi) is 3.70. The molecule has 0 aromatic heterocycles. The van der Waals surface area contributed by atoms with E-state index < -0.39 is 24.3 Å². The van der Waals surface area contributed by atoms with Crippen LogP contribution in [0.1, 0.15) is 32.6 Å². The van der Waals surface area contributed by atoms with Crippen molar-refractivity contribution in [3.63, 3.8) is 0 Å². The number of carbonyl (C=O) groups is 1. The summed E-state index contributed by atoms with van der Waals surface area (Å²) in [5, 5.41) is 19.4. The molecular formula is C12H21NO4. The van der Waals surface area contributed by atoms with Crippen LogP contribution in [0, 0.1) is 5.92 Å². The molecule has 0 radical (unpaired) electrons. The molecule has 98 valence electrons. The third-order valence-corrected chi connectivity index (χ3v) is 4.11. The molecule has 0 aromatic carbocycles. The fourth-order valence-corrected chi connectivity index (χ4v) is 3.05. The van der Waals surface area contributed by atoms with Crippen LogP contribution >= 0.6 is 0 Å². The van der Waals surface area contributed by atoms with Gasteiger partial charge in [0.05, 0.1) is 12.0 Å². The standard InChI is InChI=1S/C12H21NO4/c1-3-10(15)17-12(16)11-8-5-4-7(13(8)2)6-9(11)14/h7-11,14-15H,3-6H2,1-2H3/t7-,8+,9-,10?,11+/m0/s1. The monoisotopic (exact) mass is 243 g/mol. The Morgan fingerprint density at radius 1 is 1.53 bits per heavy atom. The summed E-state index contributed by atoms with van der Waals surface area (Å²) in [6.07, 6.45) is 1.24. The van der Waals surface area contributed by atoms with Gasteiger partial charge in [-0.05, 0) is 26.3 Å². The summed E-state index contributed by atoms with van der Waals surface area (Å²) in [5.41, 5.74) is 0. The predicted octanol–water partition coefficient (Wildman–Crippen LogP) is 0.102. The fraction of sp³-hybridized carbons (Fsp3) is 0.917. The van der Waals surface area contributed by atoms with E-state index in [9.17, 15) is 15.0 Å². The molecule has 2 bridgehead atoms. The van der Waals surface area contributed by atoms with E-state index in [4.69, 9.17) is 4.74 Å². The first kappa shape index (κ1) is 12.8. The lowest BCUT2D eigenvalue weighted by Crippen LogP contribution is -2.52. The first-order valence-corrected chi connectivity index (χ1v) is 6.33. The highest BCUT2D eigenvalue weighted by atomic mass is 16.6. The summed E-state index contributed by atoms with van der Waals surface area (Å²) in [5.74, 6) is -0.982. The third kappa shape index (κ3) is 2.32. The number of carbonyl (C=O) groups excluding carboxylic acids is 1. The van der Waals surface area contributed by atoms with Gasteiger partial charge < -0.3 is 14.9 Å². The van der Waals surface area contributed by atoms with Gasteiger partial charge in [-0.25, -0.2) is 0 Å². The zero-order valence-corrected chi connectivity index (χ0v) is 10.4. The molecule has 5 atom stereocenters. The van der Waals surface area contributed by atoms with Crippen LogP contribution in [0.5, 0.6) is 0 Å². The van der Waals surface area contributed by atoms with Gasteiger partial charge in [0, 0.05) is 18.5 Å². The van der Waals surface area contributed by atoms with Gasteiger partial charge in [-0.2, -0.15) is 0 Å². The molecule has 2 rings (SSSR count). The zero-order chi connectivity index (χ0) is 12.6. The van der Waals surface area contributed by atoms with Gasteiger partial charge in [-0.15, -0.1) is 0 Å². The van der Waals surface area contributed by atoms with Gasteiger partial charge in [0.1, 0.15) is 0 Å². The molecule has 2 heterocycles. The molecule has 5 nitrogen and oxygen atoms in total. The Morgan fingerprint density at radius 2 is 2.24 bits per heavy atom. The molecule has 17 heavy (non-hydrogen) atoms. The van der Waals surface area contributed by atoms with Gasteiger partial charge in [0.25, 0.3) is 0 Å². The quantitative estimate of drug-likeness (QED) is 0.543. The highest BCUT2D eigenvalue weighted by molar-refractivity contribution is 5.74. The maximum Gasteiger partial charge on any atom is 0.315 e. The molecule has 5 heteroatoms. The normalized spacial score (nSPS) is 39.1. The van der Waals surface area contributed by atoms with Crippen molar-refractivity contribution in [3.05, 3.63) is 0 Å². The predicted molar refractivity (Wildman–Crippen MR) is 61.1 cm³/mol. The van der Waals surface area contributed by atoms with Gasteiger partial charge in [0.15, 0.2) is 6.29 Å². The fourth-order valence-electron chi connectivity index (χ4n) is 3.05. The van der Waals surface area contributed by atoms with Crippen LogP contribution in [0.4, 0.5) is 0 Å². The first-order valence-electron chi connectivity index (χ1n) is 6.33. The Hall–Kier alpha value is -0.650. The molecular weight excluding hydrogens is 222 g/mol. The summed E-state index contributed by atoms with van der Waals surface area (Å²) in [6, 6.07) is 0.440. The summed E-state index contributed by atoms with van der Waals surface area (Å²) in [4.78, 5) is 14.1. The number of rotatable bonds is 3. The van der Waals surface area contributed by atoms with Crippen molar-refractivity contribution in [1.29, 1.82) is 0 Å². The maximum atomic E-state index is 11.9. The molecule has 0 spiro atoms. The van der Waals surface area contributed by atoms with Crippen LogP contribution in [0.25, 0.3) is 0 Å². The van der Waals surface area contributed by atoms with E-state index in [-0.39, 0.29) is 6.04 Å². The molecule has 2 fully saturated rings. The number of hydrogen-bond donors (Lipinski definition) is 2. The summed E-state index contributed by atoms with van der Waals surface area (Å²) in [6.45, 7) is 1.74. The molecule has 0 aliphatic carbocycles. The van der Waals surface area contributed by atoms with Crippen LogP contribution in [-0.4, -0.2) is 52.6 Å². The van der Waals surface area contributed by atoms with E-state index in [1.54, 1.807) is 6.92 Å². The van der Waals surface area contributed by atoms with Crippen LogP contribution in [-0.2, 0) is 9.53 Å². The molecule has 2 N–H and O–H groups in total. The summed E-state index contributed by atoms with van der Waals surface area (Å²) in [7, 11) is 1.99. The Morgan fingerprint density at radius 3 is 2.88 bits per heavy atom. The summed E-state index contributed by atoms with van der Waals surface area (Å²) >= 11 is 0. The van der Waals surface area contributed by atoms with E-state index in [0.717, 1.165) is 12.8 Å². The SMILES string of the molecule is CCC(O)OC(=O)[C@@H]1[C@H]2CC[C@@H](C[C@@H]1O)N2C. The highest BCUT2D eigenvalue weighted by Crippen LogP contribution is 2.38. The molecule has 2 saturated heterocycles. The minimum Gasteiger partial charge on any atom is -0.436 e. The molecule has 2 aliphatic rings. The van der Waals surface area contributed by atoms with E-state index in [0.29, 0.717) is 18.9 Å². The molecule has 0 aromatic rings. The minimum absolute atomic E-state index is 0.0558. The first-order chi connectivity index (χ1) is 8.04. The lowest BCUT2D eigenvalue weighted by molar-refractivity contribution is -0.182. The number of nitrogens with zero attached hydrogens (tertiary/aromatic N) is 1. The summed E-state index contributed by atoms with van der Waals surface area (Å²) < 4.78 is 4.94. The Balaban J connectivity index is 2.05. The smallest absolute Gasteiger partial charge is 0.315 e. The van der Waals surface area contributed by atoms with Crippen molar-refractivity contribution in [3.8, 4) is 0 Å². The van der Waals surface area contributed by atoms with Crippen molar-refractivity contribution >= 4 is 5.97 Å². The Labute approximate surface area is 101 Å². The van der Waals surface area contributed by atoms with Crippen LogP contribution in [0.15, 0.2) is 0 Å². The second-order valence-corrected chi connectivity index (χ2v) is 5.09. The number of aliphatic hydroxyl groups excluding tert-OH is 2. The molecule has 0 saturated carbocycles. The van der Waals surface area contributed by atoms with E-state index in [1.807, 2.05) is 7.05 Å². The van der Waals surface area contributed by atoms with E-state index in [1.165, 1.54) is 0 Å². The third-order valence-electron chi connectivity index (χ3n) is 4.11. The van der Waals surface area contributed by atoms with E-state index in [2.05, 4.69) is 4.90 Å². The average molecular weight is 243 g/mol. The highest BCUT2D eigenvalue weighted by Gasteiger charge is 2.49. The average Bonchev–Trinajstić information content (AvgIpc) is 2.53. The molecule has 0 amide bonds. The van der Waals surface area contributed by atoms with Crippen molar-refractivity contribution in [2.75, 3.05) is 7.05 Å². The second-order valence-electron chi connectivity index (χ2n) is 5.09. The maximum absolute atomic E-state index is 11.9. The number of aliphatic hydroxyl groups is 2. The van der Waals surface area contributed by atoms with Crippen molar-refractivity contribution in [2.24, 2.45) is 5.92 Å². The largest absolute Gasteiger partial charge is 0.436 e. The lowest BCUT2D eigenvalue weighted by atomic mass is 9.88. The number of piperidine rings is 1. The van der Waals surface area contributed by atoms with Gasteiger partial charge >= 0.3 is 5.97 Å². The number of hydrogen-bond acceptors (Lipinski definition) is 5. The van der Waals surface area contributed by atoms with Gasteiger partial charge in [-0.3, -0.25) is 9.69 Å². The minimum atomic E-state index is -1.06. The zero-order valence-electron chi connectivity index (χ0n) is 10.4. The number of ether oxygens (including phenoxy) is 1. The van der Waals surface area contributed by atoms with Gasteiger partial charge in [0.2, 0.25) is 0 Å². The van der Waals surface area contributed by atoms with Crippen LogP contribution in [0.3, 0.4) is 0 Å². The number of fused-ring (bicyclic) bond motifs is 2. The van der Waals surface area contributed by atoms with E-state index >= 15 is 0 Å². The second kappa shape index (κ2) is 4.92. The van der Waals surface area contributed by atoms with Crippen molar-refractivity contribution in [2.45, 2.75) is 57.1 Å². The van der Waals surface area contributed by atoms with Crippen molar-refractivity contribution in [1.82, 2.24) is 4.90 Å². The topological polar surface area (TPSA) is 70.0 Å². The van der Waals surface area contributed by atoms with Gasteiger partial charge in [-0.1, -0.05) is 6.92 Å².